The Morgan fingerprint density at radius 1 is 0.907 bits per heavy atom. The predicted octanol–water partition coefficient (Wildman–Crippen LogP) is 3.45. The zero-order chi connectivity index (χ0) is 30.8. The van der Waals surface area contributed by atoms with E-state index in [-0.39, 0.29) is 31.4 Å². The van der Waals surface area contributed by atoms with Gasteiger partial charge in [-0.25, -0.2) is 4.39 Å². The maximum Gasteiger partial charge on any atom is 0.249 e. The Morgan fingerprint density at radius 2 is 1.58 bits per heavy atom. The van der Waals surface area contributed by atoms with Crippen LogP contribution < -0.4 is 10.6 Å². The molecule has 1 saturated heterocycles. The number of benzene rings is 3. The zero-order valence-electron chi connectivity index (χ0n) is 25.1. The maximum atomic E-state index is 14.5. The smallest absolute Gasteiger partial charge is 0.249 e. The van der Waals surface area contributed by atoms with Gasteiger partial charge in [-0.15, -0.1) is 0 Å². The van der Waals surface area contributed by atoms with Crippen molar-refractivity contribution in [2.75, 3.05) is 40.9 Å². The van der Waals surface area contributed by atoms with Gasteiger partial charge in [0.25, 0.3) is 0 Å². The highest BCUT2D eigenvalue weighted by molar-refractivity contribution is 5.92. The van der Waals surface area contributed by atoms with Crippen molar-refractivity contribution < 1.29 is 23.5 Å². The Labute approximate surface area is 253 Å². The van der Waals surface area contributed by atoms with Gasteiger partial charge in [0.15, 0.2) is 0 Å². The molecular weight excluding hydrogens is 547 g/mol. The van der Waals surface area contributed by atoms with Crippen molar-refractivity contribution >= 4 is 17.7 Å². The summed E-state index contributed by atoms with van der Waals surface area (Å²) in [6.07, 6.45) is 2.29. The molecule has 1 aliphatic heterocycles. The topological polar surface area (TPSA) is 91.0 Å². The quantitative estimate of drug-likeness (QED) is 0.319. The summed E-state index contributed by atoms with van der Waals surface area (Å²) >= 11 is 0. The fourth-order valence-electron chi connectivity index (χ4n) is 5.37. The number of halogens is 1. The average molecular weight is 589 g/mol. The molecule has 2 N–H and O–H groups in total. The summed E-state index contributed by atoms with van der Waals surface area (Å²) in [5.74, 6) is -1.64. The third-order valence-corrected chi connectivity index (χ3v) is 8.08. The van der Waals surface area contributed by atoms with E-state index < -0.39 is 29.7 Å². The minimum atomic E-state index is -0.981. The third-order valence-electron chi connectivity index (χ3n) is 8.08. The first-order valence-corrected chi connectivity index (χ1v) is 14.7. The molecule has 3 aromatic carbocycles. The molecule has 1 heterocycles. The molecule has 0 saturated carbocycles. The summed E-state index contributed by atoms with van der Waals surface area (Å²) in [4.78, 5) is 43.1. The highest BCUT2D eigenvalue weighted by Crippen LogP contribution is 2.22. The minimum Gasteiger partial charge on any atom is -0.370 e. The Balaban J connectivity index is 1.55. The normalized spacial score (nSPS) is 15.9. The first kappa shape index (κ1) is 31.8. The molecule has 43 heavy (non-hydrogen) atoms. The highest BCUT2D eigenvalue weighted by atomic mass is 19.1. The molecule has 0 spiro atoms. The molecule has 0 bridgehead atoms. The largest absolute Gasteiger partial charge is 0.370 e. The van der Waals surface area contributed by atoms with Crippen molar-refractivity contribution in [3.8, 4) is 11.1 Å². The fraction of sp³-hybridized carbons (Fsp3) is 0.382. The number of amides is 3. The van der Waals surface area contributed by atoms with Crippen LogP contribution >= 0.6 is 0 Å². The van der Waals surface area contributed by atoms with E-state index in [0.29, 0.717) is 12.2 Å². The van der Waals surface area contributed by atoms with Gasteiger partial charge in [0, 0.05) is 40.0 Å². The van der Waals surface area contributed by atoms with Crippen molar-refractivity contribution in [1.29, 1.82) is 0 Å². The average Bonchev–Trinajstić information content (AvgIpc) is 3.56. The van der Waals surface area contributed by atoms with Crippen molar-refractivity contribution in [3.05, 3.63) is 95.8 Å². The highest BCUT2D eigenvalue weighted by Gasteiger charge is 2.35. The van der Waals surface area contributed by atoms with E-state index in [4.69, 9.17) is 4.74 Å². The molecule has 228 valence electrons. The van der Waals surface area contributed by atoms with Crippen molar-refractivity contribution in [3.63, 3.8) is 0 Å². The molecule has 3 amide bonds. The van der Waals surface area contributed by atoms with Crippen LogP contribution in [0.1, 0.15) is 24.0 Å². The van der Waals surface area contributed by atoms with Crippen LogP contribution in [0.4, 0.5) is 4.39 Å². The zero-order valence-corrected chi connectivity index (χ0v) is 25.1. The molecule has 1 aliphatic rings. The monoisotopic (exact) mass is 588 g/mol. The second kappa shape index (κ2) is 15.4. The van der Waals surface area contributed by atoms with E-state index in [1.54, 1.807) is 25.2 Å². The molecular formula is C34H41FN4O4. The van der Waals surface area contributed by atoms with Crippen LogP contribution in [-0.2, 0) is 32.0 Å². The molecule has 1 fully saturated rings. The molecule has 0 aromatic heterocycles. The van der Waals surface area contributed by atoms with Gasteiger partial charge in [0.1, 0.15) is 24.5 Å². The molecule has 4 rings (SSSR count). The van der Waals surface area contributed by atoms with Crippen LogP contribution in [0.15, 0.2) is 78.9 Å². The van der Waals surface area contributed by atoms with E-state index >= 15 is 0 Å². The van der Waals surface area contributed by atoms with Crippen LogP contribution in [0.3, 0.4) is 0 Å². The second-order valence-electron chi connectivity index (χ2n) is 11.0. The van der Waals surface area contributed by atoms with Crippen LogP contribution in [0.25, 0.3) is 11.1 Å². The lowest BCUT2D eigenvalue weighted by atomic mass is 9.98. The first-order chi connectivity index (χ1) is 20.8. The molecule has 3 atom stereocenters. The van der Waals surface area contributed by atoms with E-state index in [0.717, 1.165) is 36.1 Å². The number of hydrogen-bond donors (Lipinski definition) is 2. The van der Waals surface area contributed by atoms with Gasteiger partial charge in [-0.05, 0) is 47.7 Å². The Kier molecular flexibility index (Phi) is 11.4. The number of carbonyl (C=O) groups is 3. The van der Waals surface area contributed by atoms with Gasteiger partial charge in [-0.3, -0.25) is 14.4 Å². The van der Waals surface area contributed by atoms with Crippen molar-refractivity contribution in [1.82, 2.24) is 20.4 Å². The van der Waals surface area contributed by atoms with Crippen LogP contribution in [0, 0.1) is 5.82 Å². The van der Waals surface area contributed by atoms with Gasteiger partial charge in [0.05, 0.1) is 6.61 Å². The van der Waals surface area contributed by atoms with E-state index in [1.165, 1.54) is 30.0 Å². The standard InChI is InChI=1S/C34H41FN4O4/c1-36-33(41)30(21-27-12-7-8-14-29(27)35)39(3)34(42)31(38(2)32(40)23-43-22-28-13-9-19-37-28)20-24-15-17-26(18-16-24)25-10-5-4-6-11-25/h4-8,10-12,14-18,28,30-31,37H,9,13,19-23H2,1-3H3,(H,36,41)/t28-,30?,31+/m0/s1. The van der Waals surface area contributed by atoms with Crippen LogP contribution in [0.5, 0.6) is 0 Å². The Morgan fingerprint density at radius 3 is 2.23 bits per heavy atom. The number of hydrogen-bond acceptors (Lipinski definition) is 5. The summed E-state index contributed by atoms with van der Waals surface area (Å²) in [5, 5.41) is 5.94. The number of rotatable bonds is 13. The summed E-state index contributed by atoms with van der Waals surface area (Å²) in [7, 11) is 4.59. The van der Waals surface area contributed by atoms with Crippen LogP contribution in [-0.4, -0.2) is 86.5 Å². The lowest BCUT2D eigenvalue weighted by Crippen LogP contribution is -2.56. The third kappa shape index (κ3) is 8.49. The Hall–Kier alpha value is -4.08. The lowest BCUT2D eigenvalue weighted by molar-refractivity contribution is -0.149. The molecule has 9 heteroatoms. The number of nitrogens with one attached hydrogen (secondary N) is 2. The molecule has 0 radical (unpaired) electrons. The SMILES string of the molecule is CNC(=O)C(Cc1ccccc1F)N(C)C(=O)[C@@H](Cc1ccc(-c2ccccc2)cc1)N(C)C(=O)COC[C@@H]1CCCN1. The fourth-order valence-corrected chi connectivity index (χ4v) is 5.37. The summed E-state index contributed by atoms with van der Waals surface area (Å²) < 4.78 is 20.3. The number of likely N-dealkylation sites (N-methyl/N-ethyl adjacent to an activating group) is 3. The van der Waals surface area contributed by atoms with Gasteiger partial charge < -0.3 is 25.2 Å². The van der Waals surface area contributed by atoms with E-state index in [1.807, 2.05) is 54.6 Å². The number of carbonyl (C=O) groups excluding carboxylic acids is 3. The lowest BCUT2D eigenvalue weighted by Gasteiger charge is -2.34. The van der Waals surface area contributed by atoms with Crippen molar-refractivity contribution in [2.45, 2.75) is 43.8 Å². The molecule has 1 unspecified atom stereocenters. The van der Waals surface area contributed by atoms with Crippen LogP contribution in [0.2, 0.25) is 0 Å². The number of ether oxygens (including phenoxy) is 1. The van der Waals surface area contributed by atoms with Gasteiger partial charge >= 0.3 is 0 Å². The number of nitrogens with zero attached hydrogens (tertiary/aromatic N) is 2. The van der Waals surface area contributed by atoms with E-state index in [9.17, 15) is 18.8 Å². The first-order valence-electron chi connectivity index (χ1n) is 14.7. The Bertz CT molecular complexity index is 1360. The minimum absolute atomic E-state index is 0.0117. The maximum absolute atomic E-state index is 14.5. The van der Waals surface area contributed by atoms with Gasteiger partial charge in [0.2, 0.25) is 17.7 Å². The second-order valence-corrected chi connectivity index (χ2v) is 11.0. The predicted molar refractivity (Wildman–Crippen MR) is 165 cm³/mol. The van der Waals surface area contributed by atoms with Crippen molar-refractivity contribution in [2.24, 2.45) is 0 Å². The summed E-state index contributed by atoms with van der Waals surface area (Å²) in [5.41, 5.74) is 3.28. The molecule has 3 aromatic rings. The summed E-state index contributed by atoms with van der Waals surface area (Å²) in [6, 6.07) is 22.3. The van der Waals surface area contributed by atoms with Gasteiger partial charge in [-0.2, -0.15) is 0 Å². The molecule has 8 nitrogen and oxygen atoms in total. The summed E-state index contributed by atoms with van der Waals surface area (Å²) in [6.45, 7) is 1.19. The molecule has 0 aliphatic carbocycles. The van der Waals surface area contributed by atoms with E-state index in [2.05, 4.69) is 10.6 Å². The van der Waals surface area contributed by atoms with Gasteiger partial charge in [-0.1, -0.05) is 72.8 Å².